The predicted molar refractivity (Wildman–Crippen MR) is 53.6 cm³/mol. The lowest BCUT2D eigenvalue weighted by atomic mass is 10.4. The molecule has 1 heteroatoms. The van der Waals surface area contributed by atoms with Crippen LogP contribution in [0, 0.1) is 0 Å². The molecular weight excluding hydrogens is 136 g/mol. The van der Waals surface area contributed by atoms with E-state index in [1.165, 1.54) is 0 Å². The van der Waals surface area contributed by atoms with Crippen LogP contribution in [-0.4, -0.2) is 5.48 Å². The summed E-state index contributed by atoms with van der Waals surface area (Å²) in [5.41, 5.74) is 2.04. The van der Waals surface area contributed by atoms with Gasteiger partial charge >= 0.3 is 0 Å². The van der Waals surface area contributed by atoms with Gasteiger partial charge in [-0.2, -0.15) is 0 Å². The molecule has 0 rings (SSSR count). The molecule has 11 heavy (non-hydrogen) atoms. The molecule has 1 nitrogen and oxygen atoms in total. The summed E-state index contributed by atoms with van der Waals surface area (Å²) in [5, 5.41) is 0. The molecule has 0 amide bonds. The van der Waals surface area contributed by atoms with E-state index < -0.39 is 0 Å². The minimum Gasteiger partial charge on any atom is -0.412 e. The number of hydrogen-bond acceptors (Lipinski definition) is 0. The molecule has 0 unspecified atom stereocenters. The summed E-state index contributed by atoms with van der Waals surface area (Å²) in [5.74, 6) is 0. The summed E-state index contributed by atoms with van der Waals surface area (Å²) in [6, 6.07) is 0. The van der Waals surface area contributed by atoms with E-state index in [4.69, 9.17) is 0 Å². The molecule has 0 saturated carbocycles. The molecule has 0 aliphatic rings. The van der Waals surface area contributed by atoms with Crippen molar-refractivity contribution in [1.82, 2.24) is 0 Å². The largest absolute Gasteiger partial charge is 0.412 e. The molecule has 0 bridgehead atoms. The molecule has 0 atom stereocenters. The normalized spacial score (nSPS) is 6.00. The zero-order valence-corrected chi connectivity index (χ0v) is 7.48. The maximum atomic E-state index is 3.56. The molecule has 0 aromatic carbocycles. The molecule has 0 aliphatic heterocycles. The van der Waals surface area contributed by atoms with E-state index in [2.05, 4.69) is 26.3 Å². The average molecular weight is 154 g/mol. The van der Waals surface area contributed by atoms with Gasteiger partial charge in [0.2, 0.25) is 0 Å². The van der Waals surface area contributed by atoms with Gasteiger partial charge in [0.15, 0.2) is 0 Å². The highest BCUT2D eigenvalue weighted by molar-refractivity contribution is 5.06. The predicted octanol–water partition coefficient (Wildman–Crippen LogP) is 2.67. The first kappa shape index (κ1) is 16.5. The van der Waals surface area contributed by atoms with Gasteiger partial charge in [-0.05, 0) is 13.8 Å². The summed E-state index contributed by atoms with van der Waals surface area (Å²) in [6.07, 6.45) is 3.44. The Morgan fingerprint density at radius 1 is 0.909 bits per heavy atom. The smallest absolute Gasteiger partial charge is 0.0404 e. The topological polar surface area (TPSA) is 31.5 Å². The highest BCUT2D eigenvalue weighted by Crippen LogP contribution is 1.81. The molecular formula is C10H18O. The Morgan fingerprint density at radius 2 is 1.00 bits per heavy atom. The van der Waals surface area contributed by atoms with Crippen LogP contribution in [0.3, 0.4) is 0 Å². The van der Waals surface area contributed by atoms with Crippen LogP contribution >= 0.6 is 0 Å². The third-order valence-corrected chi connectivity index (χ3v) is 0.697. The second kappa shape index (κ2) is 11.7. The van der Waals surface area contributed by atoms with E-state index >= 15 is 0 Å². The molecule has 0 radical (unpaired) electrons. The van der Waals surface area contributed by atoms with Crippen LogP contribution in [0.4, 0.5) is 0 Å². The first-order valence-corrected chi connectivity index (χ1v) is 3.10. The van der Waals surface area contributed by atoms with E-state index in [9.17, 15) is 0 Å². The highest BCUT2D eigenvalue weighted by atomic mass is 16.0. The second-order valence-electron chi connectivity index (χ2n) is 2.10. The van der Waals surface area contributed by atoms with E-state index in [0.717, 1.165) is 11.1 Å². The van der Waals surface area contributed by atoms with Crippen molar-refractivity contribution in [1.29, 1.82) is 0 Å². The minimum atomic E-state index is 0. The van der Waals surface area contributed by atoms with Crippen LogP contribution in [0.5, 0.6) is 0 Å². The zero-order chi connectivity index (χ0) is 8.57. The molecule has 0 aliphatic carbocycles. The first-order valence-electron chi connectivity index (χ1n) is 3.10. The molecule has 2 N–H and O–H groups in total. The van der Waals surface area contributed by atoms with Crippen molar-refractivity contribution in [2.45, 2.75) is 13.8 Å². The van der Waals surface area contributed by atoms with Gasteiger partial charge in [-0.3, -0.25) is 0 Å². The van der Waals surface area contributed by atoms with Crippen LogP contribution in [0.25, 0.3) is 0 Å². The average Bonchev–Trinajstić information content (AvgIpc) is 1.89. The maximum absolute atomic E-state index is 3.56. The Balaban J connectivity index is -0.000000107. The standard InChI is InChI=1S/2C5H8.H2O/c2*1-4-5(2)3;/h2*4H,1-2H2,3H3;1H2. The van der Waals surface area contributed by atoms with Gasteiger partial charge in [0.25, 0.3) is 0 Å². The van der Waals surface area contributed by atoms with Gasteiger partial charge < -0.3 is 5.48 Å². The van der Waals surface area contributed by atoms with Crippen molar-refractivity contribution in [3.63, 3.8) is 0 Å². The lowest BCUT2D eigenvalue weighted by Gasteiger charge is -1.71. The number of rotatable bonds is 2. The maximum Gasteiger partial charge on any atom is -0.0404 e. The number of hydrogen-bond donors (Lipinski definition) is 0. The number of allylic oxidation sites excluding steroid dienone is 4. The summed E-state index contributed by atoms with van der Waals surface area (Å²) in [7, 11) is 0. The fraction of sp³-hybridized carbons (Fsp3) is 0.200. The van der Waals surface area contributed by atoms with Gasteiger partial charge in [0.05, 0.1) is 0 Å². The van der Waals surface area contributed by atoms with Crippen molar-refractivity contribution in [2.24, 2.45) is 0 Å². The Hall–Kier alpha value is -1.08. The van der Waals surface area contributed by atoms with Crippen LogP contribution in [0.15, 0.2) is 49.6 Å². The first-order chi connectivity index (χ1) is 4.54. The molecule has 64 valence electrons. The summed E-state index contributed by atoms with van der Waals surface area (Å²) in [6.45, 7) is 17.9. The quantitative estimate of drug-likeness (QED) is 0.548. The van der Waals surface area contributed by atoms with Gasteiger partial charge in [0, 0.05) is 0 Å². The van der Waals surface area contributed by atoms with Crippen molar-refractivity contribution < 1.29 is 5.48 Å². The Kier molecular flexibility index (Phi) is 17.5. The van der Waals surface area contributed by atoms with Crippen molar-refractivity contribution >= 4 is 0 Å². The minimum absolute atomic E-state index is 0. The summed E-state index contributed by atoms with van der Waals surface area (Å²) < 4.78 is 0. The van der Waals surface area contributed by atoms with Crippen LogP contribution in [0.2, 0.25) is 0 Å². The summed E-state index contributed by atoms with van der Waals surface area (Å²) >= 11 is 0. The fourth-order valence-corrected chi connectivity index (χ4v) is 0. The van der Waals surface area contributed by atoms with E-state index in [0.29, 0.717) is 0 Å². The van der Waals surface area contributed by atoms with Crippen LogP contribution < -0.4 is 0 Å². The molecule has 0 aromatic rings. The Labute approximate surface area is 69.8 Å². The SMILES string of the molecule is C=CC(=C)C.C=CC(=C)C.O. The molecule has 0 spiro atoms. The third-order valence-electron chi connectivity index (χ3n) is 0.697. The summed E-state index contributed by atoms with van der Waals surface area (Å²) in [4.78, 5) is 0. The van der Waals surface area contributed by atoms with Gasteiger partial charge in [-0.1, -0.05) is 49.6 Å². The van der Waals surface area contributed by atoms with E-state index in [-0.39, 0.29) is 5.48 Å². The lowest BCUT2D eigenvalue weighted by Crippen LogP contribution is -1.50. The fourth-order valence-electron chi connectivity index (χ4n) is 0. The zero-order valence-electron chi connectivity index (χ0n) is 7.48. The van der Waals surface area contributed by atoms with E-state index in [1.807, 2.05) is 13.8 Å². The molecule has 0 aromatic heterocycles. The highest BCUT2D eigenvalue weighted by Gasteiger charge is 1.59. The molecule has 0 saturated heterocycles. The van der Waals surface area contributed by atoms with Crippen molar-refractivity contribution in [2.75, 3.05) is 0 Å². The monoisotopic (exact) mass is 154 g/mol. The van der Waals surface area contributed by atoms with Gasteiger partial charge in [-0.15, -0.1) is 0 Å². The molecule has 0 fully saturated rings. The van der Waals surface area contributed by atoms with Gasteiger partial charge in [-0.25, -0.2) is 0 Å². The Bertz CT molecular complexity index is 125. The van der Waals surface area contributed by atoms with Crippen LogP contribution in [0.1, 0.15) is 13.8 Å². The molecule has 0 heterocycles. The lowest BCUT2D eigenvalue weighted by molar-refractivity contribution is 0.824. The second-order valence-corrected chi connectivity index (χ2v) is 2.10. The van der Waals surface area contributed by atoms with Gasteiger partial charge in [0.1, 0.15) is 0 Å². The van der Waals surface area contributed by atoms with E-state index in [1.54, 1.807) is 12.2 Å². The Morgan fingerprint density at radius 3 is 1.00 bits per heavy atom. The third kappa shape index (κ3) is 50.1. The van der Waals surface area contributed by atoms with Crippen molar-refractivity contribution in [3.8, 4) is 0 Å². The van der Waals surface area contributed by atoms with Crippen molar-refractivity contribution in [3.05, 3.63) is 49.6 Å². The van der Waals surface area contributed by atoms with Crippen LogP contribution in [-0.2, 0) is 0 Å².